The lowest BCUT2D eigenvalue weighted by atomic mass is 9.78. The van der Waals surface area contributed by atoms with Crippen molar-refractivity contribution in [1.29, 1.82) is 0 Å². The van der Waals surface area contributed by atoms with Crippen molar-refractivity contribution in [3.05, 3.63) is 125 Å². The molecule has 2 aliphatic carbocycles. The number of piperidine rings is 1. The smallest absolute Gasteiger partial charge is 0.410 e. The molecule has 0 unspecified atom stereocenters. The number of rotatable bonds is 11. The SMILES string of the molecule is C=C(C=C=C(N=C(C)c1ccc(C2CCC(C(=O)OC(C)(C)C)CC2)cc1)c1ccc(C2CCC(C(=O)OC(C)(C)C)CC2)cc1)c1ccc(CC2CCN(C(=O)OC(C)(C)C)CC2)cc1. The van der Waals surface area contributed by atoms with E-state index in [4.69, 9.17) is 19.2 Å². The maximum Gasteiger partial charge on any atom is 0.410 e. The van der Waals surface area contributed by atoms with E-state index < -0.39 is 16.8 Å². The van der Waals surface area contributed by atoms with Gasteiger partial charge >= 0.3 is 18.0 Å². The van der Waals surface area contributed by atoms with E-state index in [0.717, 1.165) is 117 Å². The minimum absolute atomic E-state index is 0.0238. The number of esters is 2. The Hall–Kier alpha value is -5.20. The van der Waals surface area contributed by atoms with Gasteiger partial charge in [0.1, 0.15) is 22.5 Å². The number of hydrogen-bond donors (Lipinski definition) is 0. The third-order valence-corrected chi connectivity index (χ3v) is 13.2. The molecule has 1 saturated heterocycles. The second-order valence-corrected chi connectivity index (χ2v) is 22.1. The Kier molecular flexibility index (Phi) is 16.4. The summed E-state index contributed by atoms with van der Waals surface area (Å²) < 4.78 is 17.0. The number of hydrogen-bond acceptors (Lipinski definition) is 7. The summed E-state index contributed by atoms with van der Waals surface area (Å²) in [6, 6.07) is 26.1. The van der Waals surface area contributed by atoms with Crippen molar-refractivity contribution in [2.24, 2.45) is 22.7 Å². The molecule has 3 aromatic rings. The summed E-state index contributed by atoms with van der Waals surface area (Å²) in [6.07, 6.45) is 11.8. The molecule has 0 bridgehead atoms. The van der Waals surface area contributed by atoms with Crippen LogP contribution < -0.4 is 0 Å². The van der Waals surface area contributed by atoms with E-state index in [0.29, 0.717) is 17.8 Å². The maximum atomic E-state index is 12.8. The maximum absolute atomic E-state index is 12.8. The van der Waals surface area contributed by atoms with E-state index in [2.05, 4.69) is 92.0 Å². The average Bonchev–Trinajstić information content (AvgIpc) is 3.26. The first-order chi connectivity index (χ1) is 31.1. The monoisotopic (exact) mass is 897 g/mol. The summed E-state index contributed by atoms with van der Waals surface area (Å²) in [5.41, 5.74) is 11.5. The predicted molar refractivity (Wildman–Crippen MR) is 267 cm³/mol. The van der Waals surface area contributed by atoms with Crippen LogP contribution in [0.2, 0.25) is 0 Å². The van der Waals surface area contributed by atoms with Gasteiger partial charge in [0.15, 0.2) is 0 Å². The van der Waals surface area contributed by atoms with Crippen LogP contribution in [0, 0.1) is 17.8 Å². The Labute approximate surface area is 396 Å². The zero-order valence-electron chi connectivity index (χ0n) is 41.6. The van der Waals surface area contributed by atoms with Crippen LogP contribution in [-0.4, -0.2) is 58.5 Å². The van der Waals surface area contributed by atoms with Crippen molar-refractivity contribution in [3.8, 4) is 0 Å². The van der Waals surface area contributed by atoms with Gasteiger partial charge in [0.05, 0.1) is 11.8 Å². The minimum atomic E-state index is -0.488. The summed E-state index contributed by atoms with van der Waals surface area (Å²) in [5.74, 6) is 1.13. The number of amides is 1. The molecular formula is C58H76N2O6. The number of carbonyl (C=O) groups is 3. The molecule has 6 rings (SSSR count). The molecule has 0 aromatic heterocycles. The summed E-state index contributed by atoms with van der Waals surface area (Å²) in [6.45, 7) is 25.2. The van der Waals surface area contributed by atoms with Crippen molar-refractivity contribution in [3.63, 3.8) is 0 Å². The topological polar surface area (TPSA) is 94.5 Å². The lowest BCUT2D eigenvalue weighted by Crippen LogP contribution is -2.42. The van der Waals surface area contributed by atoms with Crippen molar-refractivity contribution >= 4 is 35.0 Å². The fourth-order valence-corrected chi connectivity index (χ4v) is 9.49. The molecule has 1 aliphatic heterocycles. The van der Waals surface area contributed by atoms with Gasteiger partial charge in [-0.3, -0.25) is 9.59 Å². The van der Waals surface area contributed by atoms with Crippen molar-refractivity contribution < 1.29 is 28.6 Å². The van der Waals surface area contributed by atoms with E-state index in [1.807, 2.05) is 73.3 Å². The number of nitrogens with zero attached hydrogens (tertiary/aromatic N) is 2. The van der Waals surface area contributed by atoms with Crippen LogP contribution in [0.25, 0.3) is 11.3 Å². The lowest BCUT2D eigenvalue weighted by Gasteiger charge is -2.33. The van der Waals surface area contributed by atoms with Crippen molar-refractivity contribution in [1.82, 2.24) is 4.90 Å². The molecule has 0 radical (unpaired) electrons. The van der Waals surface area contributed by atoms with Gasteiger partial charge in [-0.25, -0.2) is 9.79 Å². The first-order valence-corrected chi connectivity index (χ1v) is 24.5. The summed E-state index contributed by atoms with van der Waals surface area (Å²) in [7, 11) is 0. The fraction of sp³-hybridized carbons (Fsp3) is 0.534. The number of aliphatic imine (C=N–C) groups is 1. The van der Waals surface area contributed by atoms with Crippen LogP contribution in [0.4, 0.5) is 4.79 Å². The Morgan fingerprint density at radius 1 is 0.606 bits per heavy atom. The average molecular weight is 897 g/mol. The highest BCUT2D eigenvalue weighted by molar-refractivity contribution is 6.01. The zero-order valence-corrected chi connectivity index (χ0v) is 41.6. The van der Waals surface area contributed by atoms with Crippen LogP contribution in [0.3, 0.4) is 0 Å². The first-order valence-electron chi connectivity index (χ1n) is 24.5. The van der Waals surface area contributed by atoms with E-state index >= 15 is 0 Å². The Morgan fingerprint density at radius 2 is 1.03 bits per heavy atom. The Morgan fingerprint density at radius 3 is 1.47 bits per heavy atom. The molecule has 8 heteroatoms. The molecule has 354 valence electrons. The molecule has 0 atom stereocenters. The van der Waals surface area contributed by atoms with Crippen LogP contribution in [-0.2, 0) is 30.2 Å². The molecular weight excluding hydrogens is 821 g/mol. The Balaban J connectivity index is 1.15. The lowest BCUT2D eigenvalue weighted by molar-refractivity contribution is -0.162. The number of carbonyl (C=O) groups excluding carboxylic acids is 3. The molecule has 1 heterocycles. The third kappa shape index (κ3) is 14.9. The predicted octanol–water partition coefficient (Wildman–Crippen LogP) is 13.8. The number of benzene rings is 3. The standard InChI is InChI=1S/C58H76N2O6/c1-39(43-15-13-41(14-16-43)38-42-34-36-60(37-35-42)55(63)66-58(9,10)11)12-33-52(49-27-21-46(22-28-49)48-25-31-51(32-26-48)54(62)65-57(6,7)8)59-40(2)44-17-19-45(20-18-44)47-23-29-50(30-24-47)53(61)64-56(3,4)5/h12-22,27-28,42,47-48,50-51H,1,23-26,29-32,34-38H2,2-11H3. The largest absolute Gasteiger partial charge is 0.460 e. The molecule has 0 N–H and O–H groups in total. The van der Waals surface area contributed by atoms with Gasteiger partial charge in [-0.05, 0) is 197 Å². The number of allylic oxidation sites excluding steroid dienone is 2. The molecule has 3 aromatic carbocycles. The first kappa shape index (κ1) is 50.2. The summed E-state index contributed by atoms with van der Waals surface area (Å²) in [5, 5.41) is 0. The zero-order chi connectivity index (χ0) is 47.8. The molecule has 8 nitrogen and oxygen atoms in total. The normalized spacial score (nSPS) is 21.0. The highest BCUT2D eigenvalue weighted by atomic mass is 16.6. The number of ether oxygens (including phenoxy) is 3. The van der Waals surface area contributed by atoms with Gasteiger partial charge in [-0.2, -0.15) is 0 Å². The van der Waals surface area contributed by atoms with Crippen LogP contribution in [0.15, 0.2) is 96.2 Å². The highest BCUT2D eigenvalue weighted by Gasteiger charge is 2.32. The minimum Gasteiger partial charge on any atom is -0.460 e. The van der Waals surface area contributed by atoms with Crippen LogP contribution in [0.5, 0.6) is 0 Å². The summed E-state index contributed by atoms with van der Waals surface area (Å²) >= 11 is 0. The van der Waals surface area contributed by atoms with Gasteiger partial charge in [0.25, 0.3) is 0 Å². The molecule has 66 heavy (non-hydrogen) atoms. The quantitative estimate of drug-likeness (QED) is 0.0625. The summed E-state index contributed by atoms with van der Waals surface area (Å²) in [4.78, 5) is 45.1. The van der Waals surface area contributed by atoms with Crippen molar-refractivity contribution in [2.75, 3.05) is 13.1 Å². The molecule has 1 amide bonds. The van der Waals surface area contributed by atoms with Gasteiger partial charge in [-0.15, -0.1) is 0 Å². The second kappa shape index (κ2) is 21.6. The van der Waals surface area contributed by atoms with E-state index in [1.165, 1.54) is 16.7 Å². The van der Waals surface area contributed by atoms with Crippen LogP contribution >= 0.6 is 0 Å². The molecule has 3 aliphatic rings. The highest BCUT2D eigenvalue weighted by Crippen LogP contribution is 2.39. The fourth-order valence-electron chi connectivity index (χ4n) is 9.49. The van der Waals surface area contributed by atoms with E-state index in [9.17, 15) is 14.4 Å². The molecule has 0 spiro atoms. The van der Waals surface area contributed by atoms with E-state index in [-0.39, 0.29) is 29.9 Å². The molecule has 2 saturated carbocycles. The Bertz CT molecular complexity index is 2240. The molecule has 3 fully saturated rings. The second-order valence-electron chi connectivity index (χ2n) is 22.1. The number of likely N-dealkylation sites (tertiary alicyclic amines) is 1. The van der Waals surface area contributed by atoms with Gasteiger partial charge in [0, 0.05) is 24.4 Å². The van der Waals surface area contributed by atoms with Gasteiger partial charge < -0.3 is 19.1 Å². The third-order valence-electron chi connectivity index (χ3n) is 13.2. The van der Waals surface area contributed by atoms with Crippen molar-refractivity contribution in [2.45, 2.75) is 169 Å². The van der Waals surface area contributed by atoms with Crippen LogP contribution in [0.1, 0.15) is 179 Å². The van der Waals surface area contributed by atoms with Gasteiger partial charge in [0.2, 0.25) is 0 Å². The van der Waals surface area contributed by atoms with Gasteiger partial charge in [-0.1, -0.05) is 85.1 Å². The van der Waals surface area contributed by atoms with E-state index in [1.54, 1.807) is 0 Å².